The summed E-state index contributed by atoms with van der Waals surface area (Å²) in [5.41, 5.74) is 1.46. The highest BCUT2D eigenvalue weighted by Gasteiger charge is 2.16. The predicted octanol–water partition coefficient (Wildman–Crippen LogP) is 2.61. The molecule has 0 radical (unpaired) electrons. The molecule has 0 saturated carbocycles. The second kappa shape index (κ2) is 6.31. The maximum absolute atomic E-state index is 11.6. The van der Waals surface area contributed by atoms with Gasteiger partial charge in [-0.05, 0) is 33.3 Å². The van der Waals surface area contributed by atoms with E-state index in [2.05, 4.69) is 10.3 Å². The number of carbonyl (C=O) groups is 1. The fourth-order valence-corrected chi connectivity index (χ4v) is 1.53. The molecule has 0 spiro atoms. The molecule has 1 aromatic rings. The maximum atomic E-state index is 11.6. The molecular weight excluding hydrogens is 242 g/mol. The summed E-state index contributed by atoms with van der Waals surface area (Å²) in [6, 6.07) is 1.77. The van der Waals surface area contributed by atoms with Gasteiger partial charge in [0.05, 0.1) is 11.9 Å². The molecule has 1 heterocycles. The van der Waals surface area contributed by atoms with Gasteiger partial charge in [0.2, 0.25) is 0 Å². The van der Waals surface area contributed by atoms with Crippen molar-refractivity contribution in [3.05, 3.63) is 24.0 Å². The molecule has 0 amide bonds. The smallest absolute Gasteiger partial charge is 0.325 e. The third kappa shape index (κ3) is 5.07. The molecule has 0 unspecified atom stereocenters. The highest BCUT2D eigenvalue weighted by molar-refractivity contribution is 6.02. The van der Waals surface area contributed by atoms with E-state index in [1.54, 1.807) is 18.5 Å². The van der Waals surface area contributed by atoms with Crippen molar-refractivity contribution in [2.24, 2.45) is 0 Å². The van der Waals surface area contributed by atoms with Gasteiger partial charge >= 0.3 is 5.97 Å². The van der Waals surface area contributed by atoms with Gasteiger partial charge in [-0.15, -0.1) is 0 Å². The zero-order valence-electron chi connectivity index (χ0n) is 11.9. The standard InChI is InChI=1S/C14H21N3O2/c1-5-11(15)10-6-7-16-8-12(10)17-9-13(18)19-14(2,3)4/h6-8,15,17H,5,9H2,1-4H3. The summed E-state index contributed by atoms with van der Waals surface area (Å²) in [6.07, 6.45) is 3.88. The largest absolute Gasteiger partial charge is 0.459 e. The molecule has 0 aromatic carbocycles. The Morgan fingerprint density at radius 2 is 2.16 bits per heavy atom. The predicted molar refractivity (Wildman–Crippen MR) is 75.7 cm³/mol. The van der Waals surface area contributed by atoms with E-state index >= 15 is 0 Å². The third-order valence-electron chi connectivity index (χ3n) is 2.34. The first-order valence-electron chi connectivity index (χ1n) is 6.31. The van der Waals surface area contributed by atoms with Crippen molar-refractivity contribution >= 4 is 17.4 Å². The van der Waals surface area contributed by atoms with E-state index < -0.39 is 5.60 Å². The number of ether oxygens (including phenoxy) is 1. The molecule has 19 heavy (non-hydrogen) atoms. The molecule has 0 aliphatic carbocycles. The Kier molecular flexibility index (Phi) is 5.03. The number of nitrogens with zero attached hydrogens (tertiary/aromatic N) is 1. The van der Waals surface area contributed by atoms with E-state index in [-0.39, 0.29) is 12.5 Å². The second-order valence-corrected chi connectivity index (χ2v) is 5.19. The Balaban J connectivity index is 2.68. The molecule has 104 valence electrons. The molecule has 1 aromatic heterocycles. The molecule has 0 atom stereocenters. The molecule has 1 rings (SSSR count). The van der Waals surface area contributed by atoms with E-state index in [1.807, 2.05) is 27.7 Å². The first-order chi connectivity index (χ1) is 8.83. The first kappa shape index (κ1) is 15.1. The van der Waals surface area contributed by atoms with Crippen LogP contribution < -0.4 is 5.32 Å². The average Bonchev–Trinajstić information content (AvgIpc) is 2.33. The Morgan fingerprint density at radius 1 is 1.47 bits per heavy atom. The lowest BCUT2D eigenvalue weighted by molar-refractivity contribution is -0.152. The number of anilines is 1. The minimum Gasteiger partial charge on any atom is -0.459 e. The minimum atomic E-state index is -0.493. The summed E-state index contributed by atoms with van der Waals surface area (Å²) in [5, 5.41) is 10.8. The average molecular weight is 263 g/mol. The lowest BCUT2D eigenvalue weighted by Crippen LogP contribution is -2.28. The van der Waals surface area contributed by atoms with Gasteiger partial charge in [-0.25, -0.2) is 0 Å². The second-order valence-electron chi connectivity index (χ2n) is 5.19. The van der Waals surface area contributed by atoms with Crippen LogP contribution in [0.15, 0.2) is 18.5 Å². The number of carbonyl (C=O) groups excluding carboxylic acids is 1. The zero-order chi connectivity index (χ0) is 14.5. The van der Waals surface area contributed by atoms with Crippen LogP contribution in [0.3, 0.4) is 0 Å². The zero-order valence-corrected chi connectivity index (χ0v) is 11.9. The van der Waals surface area contributed by atoms with E-state index in [1.165, 1.54) is 0 Å². The van der Waals surface area contributed by atoms with Crippen LogP contribution in [-0.2, 0) is 9.53 Å². The molecule has 0 bridgehead atoms. The first-order valence-corrected chi connectivity index (χ1v) is 6.31. The SMILES string of the molecule is CCC(=N)c1ccncc1NCC(=O)OC(C)(C)C. The summed E-state index contributed by atoms with van der Waals surface area (Å²) in [7, 11) is 0. The van der Waals surface area contributed by atoms with Gasteiger partial charge in [-0.3, -0.25) is 9.78 Å². The Bertz CT molecular complexity index is 464. The van der Waals surface area contributed by atoms with E-state index in [4.69, 9.17) is 10.1 Å². The normalized spacial score (nSPS) is 10.9. The minimum absolute atomic E-state index is 0.0625. The topological polar surface area (TPSA) is 75.1 Å². The summed E-state index contributed by atoms with van der Waals surface area (Å²) < 4.78 is 5.21. The molecule has 5 heteroatoms. The molecule has 5 nitrogen and oxygen atoms in total. The number of rotatable bonds is 5. The van der Waals surface area contributed by atoms with Crippen LogP contribution in [0.4, 0.5) is 5.69 Å². The van der Waals surface area contributed by atoms with Gasteiger partial charge in [0.15, 0.2) is 0 Å². The third-order valence-corrected chi connectivity index (χ3v) is 2.34. The fourth-order valence-electron chi connectivity index (χ4n) is 1.53. The van der Waals surface area contributed by atoms with Gasteiger partial charge in [0.1, 0.15) is 12.1 Å². The summed E-state index contributed by atoms with van der Waals surface area (Å²) in [5.74, 6) is -0.328. The number of hydrogen-bond donors (Lipinski definition) is 2. The highest BCUT2D eigenvalue weighted by atomic mass is 16.6. The van der Waals surface area contributed by atoms with Crippen molar-refractivity contribution in [1.29, 1.82) is 5.41 Å². The van der Waals surface area contributed by atoms with Crippen molar-refractivity contribution in [2.45, 2.75) is 39.7 Å². The molecule has 0 aliphatic rings. The number of hydrogen-bond acceptors (Lipinski definition) is 5. The quantitative estimate of drug-likeness (QED) is 0.632. The van der Waals surface area contributed by atoms with Gasteiger partial charge < -0.3 is 15.5 Å². The van der Waals surface area contributed by atoms with Crippen LogP contribution in [0, 0.1) is 5.41 Å². The molecular formula is C14H21N3O2. The van der Waals surface area contributed by atoms with Crippen molar-refractivity contribution in [1.82, 2.24) is 4.98 Å². The van der Waals surface area contributed by atoms with Crippen molar-refractivity contribution in [2.75, 3.05) is 11.9 Å². The van der Waals surface area contributed by atoms with Crippen molar-refractivity contribution in [3.8, 4) is 0 Å². The highest BCUT2D eigenvalue weighted by Crippen LogP contribution is 2.15. The van der Waals surface area contributed by atoms with Crippen LogP contribution in [0.5, 0.6) is 0 Å². The summed E-state index contributed by atoms with van der Waals surface area (Å²) in [6.45, 7) is 7.46. The van der Waals surface area contributed by atoms with Crippen LogP contribution in [0.1, 0.15) is 39.7 Å². The Labute approximate surface area is 113 Å². The fraction of sp³-hybridized carbons (Fsp3) is 0.500. The molecule has 2 N–H and O–H groups in total. The van der Waals surface area contributed by atoms with E-state index in [9.17, 15) is 4.79 Å². The molecule has 0 aliphatic heterocycles. The van der Waals surface area contributed by atoms with E-state index in [0.29, 0.717) is 17.8 Å². The van der Waals surface area contributed by atoms with Gasteiger partial charge in [-0.1, -0.05) is 6.92 Å². The Morgan fingerprint density at radius 3 is 2.74 bits per heavy atom. The van der Waals surface area contributed by atoms with E-state index in [0.717, 1.165) is 5.56 Å². The maximum Gasteiger partial charge on any atom is 0.325 e. The van der Waals surface area contributed by atoms with Gasteiger partial charge in [0, 0.05) is 17.5 Å². The monoisotopic (exact) mass is 263 g/mol. The van der Waals surface area contributed by atoms with Crippen molar-refractivity contribution < 1.29 is 9.53 Å². The molecule has 0 saturated heterocycles. The lowest BCUT2D eigenvalue weighted by atomic mass is 10.1. The van der Waals surface area contributed by atoms with Crippen LogP contribution >= 0.6 is 0 Å². The van der Waals surface area contributed by atoms with Gasteiger partial charge in [0.25, 0.3) is 0 Å². The van der Waals surface area contributed by atoms with Crippen molar-refractivity contribution in [3.63, 3.8) is 0 Å². The van der Waals surface area contributed by atoms with Crippen LogP contribution in [-0.4, -0.2) is 28.8 Å². The number of aromatic nitrogens is 1. The van der Waals surface area contributed by atoms with Crippen LogP contribution in [0.25, 0.3) is 0 Å². The number of nitrogens with one attached hydrogen (secondary N) is 2. The van der Waals surface area contributed by atoms with Gasteiger partial charge in [-0.2, -0.15) is 0 Å². The summed E-state index contributed by atoms with van der Waals surface area (Å²) >= 11 is 0. The number of esters is 1. The molecule has 0 fully saturated rings. The lowest BCUT2D eigenvalue weighted by Gasteiger charge is -2.20. The van der Waals surface area contributed by atoms with Crippen LogP contribution in [0.2, 0.25) is 0 Å². The number of pyridine rings is 1. The summed E-state index contributed by atoms with van der Waals surface area (Å²) in [4.78, 5) is 15.6. The Hall–Kier alpha value is -1.91.